The second-order valence-electron chi connectivity index (χ2n) is 4.67. The summed E-state index contributed by atoms with van der Waals surface area (Å²) in [6.07, 6.45) is 3.45. The van der Waals surface area contributed by atoms with Gasteiger partial charge in [0.05, 0.1) is 6.20 Å². The number of carboxylic acid groups (broad SMARTS) is 1. The normalized spacial score (nSPS) is 10.3. The van der Waals surface area contributed by atoms with Gasteiger partial charge in [0.1, 0.15) is 0 Å². The lowest BCUT2D eigenvalue weighted by Gasteiger charge is -2.16. The van der Waals surface area contributed by atoms with Crippen LogP contribution in [0.3, 0.4) is 0 Å². The number of nitrogens with zero attached hydrogens (tertiary/aromatic N) is 2. The fraction of sp³-hybridized carbons (Fsp3) is 0.267. The van der Waals surface area contributed by atoms with E-state index < -0.39 is 5.97 Å². The zero-order chi connectivity index (χ0) is 15.2. The van der Waals surface area contributed by atoms with Gasteiger partial charge >= 0.3 is 5.97 Å². The number of hydrogen-bond acceptors (Lipinski definition) is 4. The smallest absolute Gasteiger partial charge is 0.303 e. The highest BCUT2D eigenvalue weighted by atomic mass is 16.4. The molecule has 110 valence electrons. The quantitative estimate of drug-likeness (QED) is 0.881. The number of carbonyl (C=O) groups excluding carboxylic acids is 1. The molecular formula is C15H16N2O4. The van der Waals surface area contributed by atoms with Crippen molar-refractivity contribution in [1.82, 2.24) is 9.88 Å². The average Bonchev–Trinajstić information content (AvgIpc) is 3.00. The summed E-state index contributed by atoms with van der Waals surface area (Å²) in [7, 11) is 1.66. The van der Waals surface area contributed by atoms with Gasteiger partial charge in [0.2, 0.25) is 0 Å². The molecule has 1 heterocycles. The van der Waals surface area contributed by atoms with Gasteiger partial charge in [-0.2, -0.15) is 0 Å². The van der Waals surface area contributed by atoms with Crippen molar-refractivity contribution in [3.8, 4) is 11.3 Å². The highest BCUT2D eigenvalue weighted by Gasteiger charge is 2.12. The molecule has 21 heavy (non-hydrogen) atoms. The molecule has 0 aliphatic heterocycles. The standard InChI is InChI=1S/C15H16N2O4/c1-17(8-2-3-14(18)19)15(20)12-6-4-11(5-7-12)13-9-16-10-21-13/h4-7,9-10H,2-3,8H2,1H3,(H,18,19). The Morgan fingerprint density at radius 2 is 2.00 bits per heavy atom. The Kier molecular flexibility index (Phi) is 4.71. The van der Waals surface area contributed by atoms with Gasteiger partial charge in [-0.05, 0) is 18.6 Å². The van der Waals surface area contributed by atoms with E-state index in [-0.39, 0.29) is 12.3 Å². The molecular weight excluding hydrogens is 272 g/mol. The number of aliphatic carboxylic acids is 1. The maximum absolute atomic E-state index is 12.2. The van der Waals surface area contributed by atoms with Crippen LogP contribution in [-0.4, -0.2) is 40.5 Å². The Morgan fingerprint density at radius 1 is 1.29 bits per heavy atom. The Balaban J connectivity index is 1.97. The van der Waals surface area contributed by atoms with E-state index in [0.29, 0.717) is 24.3 Å². The molecule has 0 fully saturated rings. The molecule has 1 aromatic carbocycles. The van der Waals surface area contributed by atoms with Crippen molar-refractivity contribution in [3.63, 3.8) is 0 Å². The molecule has 0 unspecified atom stereocenters. The summed E-state index contributed by atoms with van der Waals surface area (Å²) in [5.74, 6) is -0.347. The van der Waals surface area contributed by atoms with E-state index in [0.717, 1.165) is 5.56 Å². The molecule has 0 saturated carbocycles. The number of amides is 1. The van der Waals surface area contributed by atoms with Crippen LogP contribution in [0, 0.1) is 0 Å². The summed E-state index contributed by atoms with van der Waals surface area (Å²) in [6.45, 7) is 0.412. The van der Waals surface area contributed by atoms with Crippen LogP contribution in [-0.2, 0) is 4.79 Å². The van der Waals surface area contributed by atoms with Gasteiger partial charge in [-0.1, -0.05) is 12.1 Å². The van der Waals surface area contributed by atoms with E-state index in [2.05, 4.69) is 4.98 Å². The van der Waals surface area contributed by atoms with E-state index in [9.17, 15) is 9.59 Å². The first-order chi connectivity index (χ1) is 10.1. The predicted molar refractivity (Wildman–Crippen MR) is 75.8 cm³/mol. The second kappa shape index (κ2) is 6.69. The van der Waals surface area contributed by atoms with Gasteiger partial charge in [-0.3, -0.25) is 9.59 Å². The Hall–Kier alpha value is -2.63. The summed E-state index contributed by atoms with van der Waals surface area (Å²) < 4.78 is 5.18. The number of oxazole rings is 1. The molecule has 0 radical (unpaired) electrons. The van der Waals surface area contributed by atoms with Gasteiger partial charge in [-0.15, -0.1) is 0 Å². The maximum Gasteiger partial charge on any atom is 0.303 e. The van der Waals surface area contributed by atoms with Gasteiger partial charge in [-0.25, -0.2) is 4.98 Å². The fourth-order valence-electron chi connectivity index (χ4n) is 1.92. The summed E-state index contributed by atoms with van der Waals surface area (Å²) in [5, 5.41) is 8.59. The van der Waals surface area contributed by atoms with Gasteiger partial charge in [0.15, 0.2) is 12.2 Å². The van der Waals surface area contributed by atoms with E-state index in [1.165, 1.54) is 11.3 Å². The lowest BCUT2D eigenvalue weighted by atomic mass is 10.1. The first-order valence-corrected chi connectivity index (χ1v) is 6.54. The minimum atomic E-state index is -0.854. The summed E-state index contributed by atoms with van der Waals surface area (Å²) in [6, 6.07) is 7.01. The Bertz CT molecular complexity index is 605. The average molecular weight is 288 g/mol. The van der Waals surface area contributed by atoms with Crippen molar-refractivity contribution in [2.24, 2.45) is 0 Å². The van der Waals surface area contributed by atoms with Crippen molar-refractivity contribution < 1.29 is 19.1 Å². The second-order valence-corrected chi connectivity index (χ2v) is 4.67. The number of carboxylic acids is 1. The van der Waals surface area contributed by atoms with Gasteiger partial charge in [0.25, 0.3) is 5.91 Å². The Labute approximate surface area is 122 Å². The zero-order valence-electron chi connectivity index (χ0n) is 11.7. The van der Waals surface area contributed by atoms with E-state index in [1.807, 2.05) is 0 Å². The monoisotopic (exact) mass is 288 g/mol. The minimum Gasteiger partial charge on any atom is -0.481 e. The number of aromatic nitrogens is 1. The predicted octanol–water partition coefficient (Wildman–Crippen LogP) is 2.28. The summed E-state index contributed by atoms with van der Waals surface area (Å²) in [5.41, 5.74) is 1.40. The van der Waals surface area contributed by atoms with Crippen molar-refractivity contribution in [2.75, 3.05) is 13.6 Å². The first-order valence-electron chi connectivity index (χ1n) is 6.54. The zero-order valence-corrected chi connectivity index (χ0v) is 11.7. The molecule has 0 aliphatic rings. The molecule has 6 nitrogen and oxygen atoms in total. The number of benzene rings is 1. The molecule has 0 bridgehead atoms. The van der Waals surface area contributed by atoms with Crippen molar-refractivity contribution in [1.29, 1.82) is 0 Å². The maximum atomic E-state index is 12.2. The van der Waals surface area contributed by atoms with Crippen LogP contribution in [0.5, 0.6) is 0 Å². The van der Waals surface area contributed by atoms with Crippen LogP contribution < -0.4 is 0 Å². The highest BCUT2D eigenvalue weighted by Crippen LogP contribution is 2.19. The number of hydrogen-bond donors (Lipinski definition) is 1. The molecule has 2 aromatic rings. The van der Waals surface area contributed by atoms with Crippen molar-refractivity contribution in [3.05, 3.63) is 42.4 Å². The van der Waals surface area contributed by atoms with Crippen LogP contribution in [0.15, 0.2) is 41.3 Å². The molecule has 0 atom stereocenters. The van der Waals surface area contributed by atoms with E-state index in [4.69, 9.17) is 9.52 Å². The first kappa shape index (κ1) is 14.8. The largest absolute Gasteiger partial charge is 0.481 e. The van der Waals surface area contributed by atoms with Crippen molar-refractivity contribution in [2.45, 2.75) is 12.8 Å². The molecule has 6 heteroatoms. The summed E-state index contributed by atoms with van der Waals surface area (Å²) in [4.78, 5) is 28.0. The highest BCUT2D eigenvalue weighted by molar-refractivity contribution is 5.94. The SMILES string of the molecule is CN(CCCC(=O)O)C(=O)c1ccc(-c2cnco2)cc1. The van der Waals surface area contributed by atoms with Gasteiger partial charge in [0, 0.05) is 31.1 Å². The molecule has 1 amide bonds. The third-order valence-electron chi connectivity index (χ3n) is 3.08. The fourth-order valence-corrected chi connectivity index (χ4v) is 1.92. The third-order valence-corrected chi connectivity index (χ3v) is 3.08. The molecule has 0 aliphatic carbocycles. The molecule has 1 aromatic heterocycles. The molecule has 0 saturated heterocycles. The van der Waals surface area contributed by atoms with E-state index in [1.54, 1.807) is 37.5 Å². The van der Waals surface area contributed by atoms with E-state index >= 15 is 0 Å². The minimum absolute atomic E-state index is 0.0576. The van der Waals surface area contributed by atoms with Crippen molar-refractivity contribution >= 4 is 11.9 Å². The lowest BCUT2D eigenvalue weighted by Crippen LogP contribution is -2.28. The van der Waals surface area contributed by atoms with Crippen LogP contribution in [0.4, 0.5) is 0 Å². The van der Waals surface area contributed by atoms with Crippen LogP contribution in [0.2, 0.25) is 0 Å². The summed E-state index contributed by atoms with van der Waals surface area (Å²) >= 11 is 0. The number of carbonyl (C=O) groups is 2. The Morgan fingerprint density at radius 3 is 2.57 bits per heavy atom. The third kappa shape index (κ3) is 3.92. The molecule has 2 rings (SSSR count). The van der Waals surface area contributed by atoms with Crippen LogP contribution in [0.1, 0.15) is 23.2 Å². The lowest BCUT2D eigenvalue weighted by molar-refractivity contribution is -0.137. The number of rotatable bonds is 6. The van der Waals surface area contributed by atoms with Crippen LogP contribution >= 0.6 is 0 Å². The molecule has 1 N–H and O–H groups in total. The molecule has 0 spiro atoms. The van der Waals surface area contributed by atoms with Crippen LogP contribution in [0.25, 0.3) is 11.3 Å². The topological polar surface area (TPSA) is 83.6 Å². The van der Waals surface area contributed by atoms with Gasteiger partial charge < -0.3 is 14.4 Å².